The SMILES string of the molecule is Cl.N[C@@H](c1cccc(Cl)c1O)C1CCNCC1. The highest BCUT2D eigenvalue weighted by Crippen LogP contribution is 2.35. The molecule has 1 saturated heterocycles. The van der Waals surface area contributed by atoms with E-state index in [1.54, 1.807) is 6.07 Å². The lowest BCUT2D eigenvalue weighted by Crippen LogP contribution is -2.33. The van der Waals surface area contributed by atoms with Gasteiger partial charge in [-0.15, -0.1) is 12.4 Å². The Morgan fingerprint density at radius 2 is 2.00 bits per heavy atom. The molecule has 0 saturated carbocycles. The highest BCUT2D eigenvalue weighted by molar-refractivity contribution is 6.32. The first-order valence-electron chi connectivity index (χ1n) is 5.64. The van der Waals surface area contributed by atoms with E-state index < -0.39 is 0 Å². The van der Waals surface area contributed by atoms with Crippen LogP contribution in [0.15, 0.2) is 18.2 Å². The van der Waals surface area contributed by atoms with Crippen molar-refractivity contribution in [3.63, 3.8) is 0 Å². The smallest absolute Gasteiger partial charge is 0.138 e. The monoisotopic (exact) mass is 276 g/mol. The van der Waals surface area contributed by atoms with Crippen molar-refractivity contribution in [2.75, 3.05) is 13.1 Å². The van der Waals surface area contributed by atoms with Gasteiger partial charge in [0.25, 0.3) is 0 Å². The Hall–Kier alpha value is -0.480. The molecule has 2 rings (SSSR count). The van der Waals surface area contributed by atoms with E-state index in [1.165, 1.54) is 0 Å². The Labute approximate surface area is 113 Å². The quantitative estimate of drug-likeness (QED) is 0.778. The van der Waals surface area contributed by atoms with Crippen molar-refractivity contribution >= 4 is 24.0 Å². The third-order valence-electron chi connectivity index (χ3n) is 3.27. The first kappa shape index (κ1) is 14.6. The molecule has 1 heterocycles. The number of phenols is 1. The number of piperidine rings is 1. The van der Waals surface area contributed by atoms with E-state index in [4.69, 9.17) is 17.3 Å². The van der Waals surface area contributed by atoms with Crippen LogP contribution in [0.25, 0.3) is 0 Å². The maximum absolute atomic E-state index is 9.87. The molecular weight excluding hydrogens is 259 g/mol. The fourth-order valence-corrected chi connectivity index (χ4v) is 2.44. The number of hydrogen-bond acceptors (Lipinski definition) is 3. The minimum Gasteiger partial charge on any atom is -0.506 e. The molecule has 1 aromatic carbocycles. The number of hydrogen-bond donors (Lipinski definition) is 3. The molecule has 1 fully saturated rings. The van der Waals surface area contributed by atoms with Crippen LogP contribution in [-0.4, -0.2) is 18.2 Å². The normalized spacial score (nSPS) is 18.5. The molecular formula is C12H18Cl2N2O. The summed E-state index contributed by atoms with van der Waals surface area (Å²) in [5.41, 5.74) is 6.96. The average molecular weight is 277 g/mol. The molecule has 1 aliphatic rings. The molecule has 0 amide bonds. The van der Waals surface area contributed by atoms with Crippen molar-refractivity contribution in [1.29, 1.82) is 0 Å². The molecule has 1 aliphatic heterocycles. The largest absolute Gasteiger partial charge is 0.506 e. The lowest BCUT2D eigenvalue weighted by molar-refractivity contribution is 0.316. The summed E-state index contributed by atoms with van der Waals surface area (Å²) in [7, 11) is 0. The van der Waals surface area contributed by atoms with E-state index in [1.807, 2.05) is 12.1 Å². The van der Waals surface area contributed by atoms with Gasteiger partial charge in [-0.2, -0.15) is 0 Å². The van der Waals surface area contributed by atoms with Crippen LogP contribution in [0.5, 0.6) is 5.75 Å². The van der Waals surface area contributed by atoms with Crippen LogP contribution in [0.2, 0.25) is 5.02 Å². The van der Waals surface area contributed by atoms with Crippen molar-refractivity contribution in [2.45, 2.75) is 18.9 Å². The van der Waals surface area contributed by atoms with E-state index in [0.29, 0.717) is 10.9 Å². The number of halogens is 2. The molecule has 0 aromatic heterocycles. The molecule has 96 valence electrons. The first-order chi connectivity index (χ1) is 7.70. The molecule has 1 aromatic rings. The number of nitrogens with one attached hydrogen (secondary N) is 1. The predicted molar refractivity (Wildman–Crippen MR) is 72.9 cm³/mol. The summed E-state index contributed by atoms with van der Waals surface area (Å²) in [6, 6.07) is 5.24. The van der Waals surface area contributed by atoms with Crippen LogP contribution in [0.3, 0.4) is 0 Å². The summed E-state index contributed by atoms with van der Waals surface area (Å²) in [6.45, 7) is 2.00. The van der Waals surface area contributed by atoms with E-state index in [0.717, 1.165) is 31.5 Å². The van der Waals surface area contributed by atoms with Crippen molar-refractivity contribution in [3.05, 3.63) is 28.8 Å². The molecule has 17 heavy (non-hydrogen) atoms. The number of para-hydroxylation sites is 1. The van der Waals surface area contributed by atoms with Crippen molar-refractivity contribution < 1.29 is 5.11 Å². The van der Waals surface area contributed by atoms with Gasteiger partial charge in [0.15, 0.2) is 0 Å². The van der Waals surface area contributed by atoms with Crippen LogP contribution in [0, 0.1) is 5.92 Å². The molecule has 0 unspecified atom stereocenters. The third kappa shape index (κ3) is 3.26. The minimum atomic E-state index is -0.124. The summed E-state index contributed by atoms with van der Waals surface area (Å²) in [4.78, 5) is 0. The summed E-state index contributed by atoms with van der Waals surface area (Å²) in [5.74, 6) is 0.556. The highest BCUT2D eigenvalue weighted by atomic mass is 35.5. The predicted octanol–water partition coefficient (Wildman–Crippen LogP) is 2.47. The van der Waals surface area contributed by atoms with Gasteiger partial charge in [-0.3, -0.25) is 0 Å². The number of nitrogens with two attached hydrogens (primary N) is 1. The third-order valence-corrected chi connectivity index (χ3v) is 3.57. The summed E-state index contributed by atoms with van der Waals surface area (Å²) in [6.07, 6.45) is 2.10. The molecule has 1 atom stereocenters. The van der Waals surface area contributed by atoms with Crippen molar-refractivity contribution in [2.24, 2.45) is 11.7 Å². The zero-order chi connectivity index (χ0) is 11.5. The van der Waals surface area contributed by atoms with Gasteiger partial charge in [0, 0.05) is 11.6 Å². The fraction of sp³-hybridized carbons (Fsp3) is 0.500. The van der Waals surface area contributed by atoms with Gasteiger partial charge in [0.05, 0.1) is 5.02 Å². The molecule has 0 radical (unpaired) electrons. The van der Waals surface area contributed by atoms with E-state index in [9.17, 15) is 5.11 Å². The Kier molecular flexibility index (Phi) is 5.53. The van der Waals surface area contributed by atoms with Crippen LogP contribution in [0.1, 0.15) is 24.4 Å². The standard InChI is InChI=1S/C12H17ClN2O.ClH/c13-10-3-1-2-9(12(10)16)11(14)8-4-6-15-7-5-8;/h1-3,8,11,15-16H,4-7,14H2;1H/t11-;/m1./s1. The zero-order valence-electron chi connectivity index (χ0n) is 9.53. The maximum Gasteiger partial charge on any atom is 0.138 e. The van der Waals surface area contributed by atoms with Crippen LogP contribution in [-0.2, 0) is 0 Å². The second kappa shape index (κ2) is 6.45. The average Bonchev–Trinajstić information content (AvgIpc) is 2.33. The molecule has 4 N–H and O–H groups in total. The van der Waals surface area contributed by atoms with Crippen molar-refractivity contribution in [3.8, 4) is 5.75 Å². The Balaban J connectivity index is 0.00000144. The summed E-state index contributed by atoms with van der Waals surface area (Å²) < 4.78 is 0. The van der Waals surface area contributed by atoms with E-state index >= 15 is 0 Å². The lowest BCUT2D eigenvalue weighted by Gasteiger charge is -2.28. The van der Waals surface area contributed by atoms with E-state index in [-0.39, 0.29) is 24.2 Å². The first-order valence-corrected chi connectivity index (χ1v) is 6.01. The second-order valence-corrected chi connectivity index (χ2v) is 4.70. The van der Waals surface area contributed by atoms with Gasteiger partial charge in [-0.1, -0.05) is 23.7 Å². The van der Waals surface area contributed by atoms with Crippen LogP contribution in [0.4, 0.5) is 0 Å². The van der Waals surface area contributed by atoms with Gasteiger partial charge in [0.2, 0.25) is 0 Å². The van der Waals surface area contributed by atoms with E-state index in [2.05, 4.69) is 5.32 Å². The van der Waals surface area contributed by atoms with Crippen LogP contribution < -0.4 is 11.1 Å². The fourth-order valence-electron chi connectivity index (χ4n) is 2.26. The van der Waals surface area contributed by atoms with Gasteiger partial charge >= 0.3 is 0 Å². The molecule has 0 bridgehead atoms. The lowest BCUT2D eigenvalue weighted by atomic mass is 9.86. The zero-order valence-corrected chi connectivity index (χ0v) is 11.1. The number of rotatable bonds is 2. The van der Waals surface area contributed by atoms with Crippen molar-refractivity contribution in [1.82, 2.24) is 5.32 Å². The van der Waals surface area contributed by atoms with Crippen LogP contribution >= 0.6 is 24.0 Å². The topological polar surface area (TPSA) is 58.3 Å². The van der Waals surface area contributed by atoms with Gasteiger partial charge in [-0.25, -0.2) is 0 Å². The molecule has 0 aliphatic carbocycles. The number of benzene rings is 1. The number of aromatic hydroxyl groups is 1. The maximum atomic E-state index is 9.87. The Bertz CT molecular complexity index is 368. The molecule has 5 heteroatoms. The summed E-state index contributed by atoms with van der Waals surface area (Å²) in [5, 5.41) is 13.6. The Morgan fingerprint density at radius 1 is 1.35 bits per heavy atom. The molecule has 0 spiro atoms. The molecule has 3 nitrogen and oxygen atoms in total. The highest BCUT2D eigenvalue weighted by Gasteiger charge is 2.24. The Morgan fingerprint density at radius 3 is 2.65 bits per heavy atom. The number of phenolic OH excluding ortho intramolecular Hbond substituents is 1. The van der Waals surface area contributed by atoms with Gasteiger partial charge in [-0.05, 0) is 37.9 Å². The van der Waals surface area contributed by atoms with Gasteiger partial charge in [0.1, 0.15) is 5.75 Å². The van der Waals surface area contributed by atoms with Gasteiger partial charge < -0.3 is 16.2 Å². The summed E-state index contributed by atoms with van der Waals surface area (Å²) >= 11 is 5.88. The second-order valence-electron chi connectivity index (χ2n) is 4.29. The minimum absolute atomic E-state index is 0.